The molecule has 0 fully saturated rings. The second-order valence-electron chi connectivity index (χ2n) is 2.77. The second kappa shape index (κ2) is 6.00. The number of esters is 1. The summed E-state index contributed by atoms with van der Waals surface area (Å²) < 4.78 is 10.2. The quantitative estimate of drug-likeness (QED) is 0.473. The summed E-state index contributed by atoms with van der Waals surface area (Å²) in [5.41, 5.74) is 0. The lowest BCUT2D eigenvalue weighted by atomic mass is 10.3. The van der Waals surface area contributed by atoms with Gasteiger partial charge in [0.2, 0.25) is 0 Å². The van der Waals surface area contributed by atoms with E-state index in [1.807, 2.05) is 13.8 Å². The van der Waals surface area contributed by atoms with E-state index in [9.17, 15) is 4.79 Å². The van der Waals surface area contributed by atoms with Crippen LogP contribution >= 0.6 is 0 Å². The molecular weight excluding hydrogens is 156 g/mol. The number of rotatable bonds is 5. The number of hydrogen-bond acceptors (Lipinski definition) is 3. The molecule has 3 heteroatoms. The summed E-state index contributed by atoms with van der Waals surface area (Å²) in [6.45, 7) is 7.48. The van der Waals surface area contributed by atoms with Crippen molar-refractivity contribution >= 4 is 5.97 Å². The van der Waals surface area contributed by atoms with Gasteiger partial charge in [0.05, 0.1) is 6.10 Å². The zero-order chi connectivity index (χ0) is 9.56. The van der Waals surface area contributed by atoms with Crippen LogP contribution in [0.1, 0.15) is 40.5 Å². The molecule has 0 radical (unpaired) electrons. The first-order chi connectivity index (χ1) is 5.60. The lowest BCUT2D eigenvalue weighted by Crippen LogP contribution is -2.22. The summed E-state index contributed by atoms with van der Waals surface area (Å²) in [6, 6.07) is 0. The molecule has 0 amide bonds. The van der Waals surface area contributed by atoms with E-state index < -0.39 is 6.29 Å². The third-order valence-electron chi connectivity index (χ3n) is 1.58. The van der Waals surface area contributed by atoms with Crippen molar-refractivity contribution in [2.24, 2.45) is 0 Å². The molecule has 0 bridgehead atoms. The van der Waals surface area contributed by atoms with Gasteiger partial charge in [-0.3, -0.25) is 4.79 Å². The summed E-state index contributed by atoms with van der Waals surface area (Å²) in [6.07, 6.45) is 1.04. The van der Waals surface area contributed by atoms with Gasteiger partial charge in [-0.2, -0.15) is 0 Å². The zero-order valence-electron chi connectivity index (χ0n) is 8.29. The maximum Gasteiger partial charge on any atom is 0.307 e. The third kappa shape index (κ3) is 5.13. The average molecular weight is 174 g/mol. The van der Waals surface area contributed by atoms with Crippen molar-refractivity contribution in [3.63, 3.8) is 0 Å². The summed E-state index contributed by atoms with van der Waals surface area (Å²) in [7, 11) is 0. The molecule has 2 atom stereocenters. The maximum atomic E-state index is 10.8. The van der Waals surface area contributed by atoms with E-state index in [1.165, 1.54) is 0 Å². The highest BCUT2D eigenvalue weighted by atomic mass is 16.7. The van der Waals surface area contributed by atoms with Gasteiger partial charge < -0.3 is 9.47 Å². The molecule has 12 heavy (non-hydrogen) atoms. The Morgan fingerprint density at radius 2 is 1.92 bits per heavy atom. The number of hydrogen-bond donors (Lipinski definition) is 0. The predicted molar refractivity (Wildman–Crippen MR) is 46.7 cm³/mol. The molecule has 0 rings (SSSR count). The van der Waals surface area contributed by atoms with Crippen molar-refractivity contribution in [3.8, 4) is 0 Å². The Labute approximate surface area is 74.0 Å². The monoisotopic (exact) mass is 174 g/mol. The van der Waals surface area contributed by atoms with E-state index in [0.29, 0.717) is 6.42 Å². The molecule has 0 saturated heterocycles. The van der Waals surface area contributed by atoms with Gasteiger partial charge in [0.15, 0.2) is 6.29 Å². The minimum atomic E-state index is -0.424. The van der Waals surface area contributed by atoms with E-state index in [1.54, 1.807) is 13.8 Å². The normalized spacial score (nSPS) is 15.3. The van der Waals surface area contributed by atoms with E-state index >= 15 is 0 Å². The minimum absolute atomic E-state index is 0.143. The van der Waals surface area contributed by atoms with Gasteiger partial charge in [0.25, 0.3) is 0 Å². The summed E-state index contributed by atoms with van der Waals surface area (Å²) in [4.78, 5) is 10.8. The predicted octanol–water partition coefficient (Wildman–Crippen LogP) is 2.10. The van der Waals surface area contributed by atoms with Crippen LogP contribution in [0, 0.1) is 0 Å². The first-order valence-corrected chi connectivity index (χ1v) is 4.45. The Kier molecular flexibility index (Phi) is 5.72. The lowest BCUT2D eigenvalue weighted by Gasteiger charge is -2.17. The number of carbonyl (C=O) groups excluding carboxylic acids is 1. The molecule has 0 aliphatic carbocycles. The average Bonchev–Trinajstić information content (AvgIpc) is 2.03. The summed E-state index contributed by atoms with van der Waals surface area (Å²) in [5, 5.41) is 0. The fraction of sp³-hybridized carbons (Fsp3) is 0.889. The summed E-state index contributed by atoms with van der Waals surface area (Å²) in [5.74, 6) is -0.217. The Morgan fingerprint density at radius 1 is 1.33 bits per heavy atom. The van der Waals surface area contributed by atoms with E-state index in [4.69, 9.17) is 9.47 Å². The largest absolute Gasteiger partial charge is 0.436 e. The van der Waals surface area contributed by atoms with Crippen LogP contribution in [0.4, 0.5) is 0 Å². The molecule has 3 nitrogen and oxygen atoms in total. The van der Waals surface area contributed by atoms with Crippen LogP contribution in [0.5, 0.6) is 0 Å². The first kappa shape index (κ1) is 11.4. The maximum absolute atomic E-state index is 10.8. The molecule has 72 valence electrons. The van der Waals surface area contributed by atoms with Crippen molar-refractivity contribution in [2.75, 3.05) is 0 Å². The first-order valence-electron chi connectivity index (χ1n) is 4.45. The van der Waals surface area contributed by atoms with Gasteiger partial charge in [-0.05, 0) is 20.3 Å². The molecule has 0 aliphatic rings. The van der Waals surface area contributed by atoms with Gasteiger partial charge in [-0.1, -0.05) is 13.8 Å². The van der Waals surface area contributed by atoms with Crippen molar-refractivity contribution in [3.05, 3.63) is 0 Å². The van der Waals surface area contributed by atoms with Crippen LogP contribution in [-0.4, -0.2) is 18.4 Å². The molecule has 0 saturated carbocycles. The highest BCUT2D eigenvalue weighted by molar-refractivity contribution is 5.68. The molecule has 0 aliphatic heterocycles. The van der Waals surface area contributed by atoms with E-state index in [0.717, 1.165) is 6.42 Å². The highest BCUT2D eigenvalue weighted by Crippen LogP contribution is 2.03. The lowest BCUT2D eigenvalue weighted by molar-refractivity contribution is -0.182. The van der Waals surface area contributed by atoms with E-state index in [2.05, 4.69) is 0 Å². The molecule has 0 aromatic rings. The smallest absolute Gasteiger partial charge is 0.307 e. The van der Waals surface area contributed by atoms with Gasteiger partial charge >= 0.3 is 5.97 Å². The fourth-order valence-corrected chi connectivity index (χ4v) is 0.720. The van der Waals surface area contributed by atoms with Crippen LogP contribution in [0.15, 0.2) is 0 Å². The highest BCUT2D eigenvalue weighted by Gasteiger charge is 2.10. The number of carbonyl (C=O) groups is 1. The van der Waals surface area contributed by atoms with Crippen LogP contribution in [0.2, 0.25) is 0 Å². The van der Waals surface area contributed by atoms with Crippen molar-refractivity contribution in [2.45, 2.75) is 52.9 Å². The molecular formula is C9H18O3. The zero-order valence-corrected chi connectivity index (χ0v) is 8.29. The summed E-state index contributed by atoms with van der Waals surface area (Å²) >= 11 is 0. The standard InChI is InChI=1S/C9H18O3/c1-5-7(3)11-8(4)12-9(10)6-2/h7-8H,5-6H2,1-4H3. The van der Waals surface area contributed by atoms with Gasteiger partial charge in [0, 0.05) is 6.42 Å². The van der Waals surface area contributed by atoms with Crippen molar-refractivity contribution in [1.82, 2.24) is 0 Å². The van der Waals surface area contributed by atoms with Gasteiger partial charge in [-0.15, -0.1) is 0 Å². The van der Waals surface area contributed by atoms with Gasteiger partial charge in [0.1, 0.15) is 0 Å². The van der Waals surface area contributed by atoms with Gasteiger partial charge in [-0.25, -0.2) is 0 Å². The molecule has 0 aromatic heterocycles. The SMILES string of the molecule is CCC(=O)OC(C)OC(C)CC. The van der Waals surface area contributed by atoms with Crippen molar-refractivity contribution in [1.29, 1.82) is 0 Å². The minimum Gasteiger partial charge on any atom is -0.436 e. The Balaban J connectivity index is 3.58. The molecule has 2 unspecified atom stereocenters. The van der Waals surface area contributed by atoms with Crippen LogP contribution in [-0.2, 0) is 14.3 Å². The Hall–Kier alpha value is -0.570. The molecule has 0 heterocycles. The Morgan fingerprint density at radius 3 is 2.33 bits per heavy atom. The third-order valence-corrected chi connectivity index (χ3v) is 1.58. The van der Waals surface area contributed by atoms with Crippen LogP contribution < -0.4 is 0 Å². The molecule has 0 aromatic carbocycles. The Bertz CT molecular complexity index is 134. The number of ether oxygens (including phenoxy) is 2. The van der Waals surface area contributed by atoms with E-state index in [-0.39, 0.29) is 12.1 Å². The second-order valence-corrected chi connectivity index (χ2v) is 2.77. The van der Waals surface area contributed by atoms with Crippen LogP contribution in [0.25, 0.3) is 0 Å². The molecule has 0 spiro atoms. The topological polar surface area (TPSA) is 35.5 Å². The molecule has 0 N–H and O–H groups in total. The van der Waals surface area contributed by atoms with Crippen molar-refractivity contribution < 1.29 is 14.3 Å². The fourth-order valence-electron chi connectivity index (χ4n) is 0.720. The van der Waals surface area contributed by atoms with Crippen LogP contribution in [0.3, 0.4) is 0 Å².